The lowest BCUT2D eigenvalue weighted by molar-refractivity contribution is 0.395. The van der Waals surface area contributed by atoms with Gasteiger partial charge < -0.3 is 0 Å². The van der Waals surface area contributed by atoms with E-state index in [1.807, 2.05) is 28.8 Å². The molecule has 1 aromatic heterocycles. The monoisotopic (exact) mass is 267 g/mol. The first-order chi connectivity index (χ1) is 7.91. The third-order valence-corrected chi connectivity index (χ3v) is 3.06. The highest BCUT2D eigenvalue weighted by molar-refractivity contribution is 7.71. The maximum atomic E-state index is 6.19. The third-order valence-electron chi connectivity index (χ3n) is 2.46. The quantitative estimate of drug-likeness (QED) is 0.792. The summed E-state index contributed by atoms with van der Waals surface area (Å²) in [5.74, 6) is 0.771. The van der Waals surface area contributed by atoms with Gasteiger partial charge in [0.15, 0.2) is 10.6 Å². The van der Waals surface area contributed by atoms with Crippen molar-refractivity contribution < 1.29 is 0 Å². The van der Waals surface area contributed by atoms with Gasteiger partial charge in [0.25, 0.3) is 0 Å². The number of hydrogen-bond acceptors (Lipinski definition) is 2. The van der Waals surface area contributed by atoms with Gasteiger partial charge in [0.05, 0.1) is 5.02 Å². The molecule has 17 heavy (non-hydrogen) atoms. The second-order valence-corrected chi connectivity index (χ2v) is 5.63. The van der Waals surface area contributed by atoms with E-state index < -0.39 is 0 Å². The summed E-state index contributed by atoms with van der Waals surface area (Å²) in [5, 5.41) is 7.77. The van der Waals surface area contributed by atoms with Crippen LogP contribution in [-0.4, -0.2) is 14.8 Å². The van der Waals surface area contributed by atoms with Crippen molar-refractivity contribution in [1.29, 1.82) is 0 Å². The zero-order chi connectivity index (χ0) is 12.6. The van der Waals surface area contributed by atoms with Crippen molar-refractivity contribution in [3.05, 3.63) is 34.1 Å². The van der Waals surface area contributed by atoms with E-state index in [4.69, 9.17) is 23.8 Å². The zero-order valence-electron chi connectivity index (χ0n) is 9.99. The Morgan fingerprint density at radius 2 is 1.94 bits per heavy atom. The van der Waals surface area contributed by atoms with E-state index in [0.29, 0.717) is 9.79 Å². The number of aromatic amines is 1. The molecule has 0 aliphatic carbocycles. The van der Waals surface area contributed by atoms with Crippen LogP contribution in [0.3, 0.4) is 0 Å². The van der Waals surface area contributed by atoms with Crippen molar-refractivity contribution in [1.82, 2.24) is 14.8 Å². The van der Waals surface area contributed by atoms with E-state index in [2.05, 4.69) is 31.0 Å². The van der Waals surface area contributed by atoms with Gasteiger partial charge in [0.1, 0.15) is 0 Å². The molecular weight excluding hydrogens is 254 g/mol. The number of hydrogen-bond donors (Lipinski definition) is 1. The molecule has 1 aromatic carbocycles. The lowest BCUT2D eigenvalue weighted by atomic mass is 10.1. The van der Waals surface area contributed by atoms with E-state index in [-0.39, 0.29) is 5.54 Å². The largest absolute Gasteiger partial charge is 0.295 e. The standard InChI is InChI=1S/C12H14ClN3S/c1-12(2,3)16-10(14-15-11(16)17)8-6-4-5-7-9(8)13/h4-7H,1-3H3,(H,15,17). The maximum absolute atomic E-state index is 6.19. The average Bonchev–Trinajstić information content (AvgIpc) is 2.60. The summed E-state index contributed by atoms with van der Waals surface area (Å²) in [6.45, 7) is 6.25. The van der Waals surface area contributed by atoms with Gasteiger partial charge in [-0.3, -0.25) is 9.67 Å². The summed E-state index contributed by atoms with van der Waals surface area (Å²) in [6, 6.07) is 7.62. The van der Waals surface area contributed by atoms with Crippen LogP contribution in [0.4, 0.5) is 0 Å². The van der Waals surface area contributed by atoms with Crippen LogP contribution >= 0.6 is 23.8 Å². The number of rotatable bonds is 1. The molecule has 2 aromatic rings. The van der Waals surface area contributed by atoms with Crippen molar-refractivity contribution in [2.24, 2.45) is 0 Å². The van der Waals surface area contributed by atoms with Crippen molar-refractivity contribution in [3.8, 4) is 11.4 Å². The fraction of sp³-hybridized carbons (Fsp3) is 0.333. The molecule has 0 spiro atoms. The van der Waals surface area contributed by atoms with Gasteiger partial charge in [-0.2, -0.15) is 5.10 Å². The first-order valence-electron chi connectivity index (χ1n) is 5.34. The minimum atomic E-state index is -0.140. The predicted molar refractivity (Wildman–Crippen MR) is 72.9 cm³/mol. The Morgan fingerprint density at radius 3 is 2.53 bits per heavy atom. The fourth-order valence-corrected chi connectivity index (χ4v) is 2.37. The smallest absolute Gasteiger partial charge is 0.195 e. The molecule has 0 aliphatic rings. The number of benzene rings is 1. The van der Waals surface area contributed by atoms with Crippen LogP contribution in [0.2, 0.25) is 5.02 Å². The second-order valence-electron chi connectivity index (χ2n) is 4.84. The van der Waals surface area contributed by atoms with Crippen LogP contribution in [0.25, 0.3) is 11.4 Å². The number of nitrogens with one attached hydrogen (secondary N) is 1. The molecule has 0 aliphatic heterocycles. The Labute approximate surface area is 110 Å². The minimum absolute atomic E-state index is 0.140. The zero-order valence-corrected chi connectivity index (χ0v) is 11.6. The Morgan fingerprint density at radius 1 is 1.29 bits per heavy atom. The first kappa shape index (κ1) is 12.3. The normalized spacial score (nSPS) is 11.8. The van der Waals surface area contributed by atoms with E-state index in [1.165, 1.54) is 0 Å². The maximum Gasteiger partial charge on any atom is 0.195 e. The summed E-state index contributed by atoms with van der Waals surface area (Å²) < 4.78 is 2.58. The molecule has 0 atom stereocenters. The molecule has 0 fully saturated rings. The van der Waals surface area contributed by atoms with Gasteiger partial charge in [-0.15, -0.1) is 0 Å². The van der Waals surface area contributed by atoms with E-state index in [9.17, 15) is 0 Å². The molecule has 0 amide bonds. The van der Waals surface area contributed by atoms with Crippen LogP contribution in [0.1, 0.15) is 20.8 Å². The summed E-state index contributed by atoms with van der Waals surface area (Å²) in [7, 11) is 0. The van der Waals surface area contributed by atoms with E-state index >= 15 is 0 Å². The van der Waals surface area contributed by atoms with Crippen LogP contribution in [0.15, 0.2) is 24.3 Å². The van der Waals surface area contributed by atoms with Gasteiger partial charge in [-0.1, -0.05) is 23.7 Å². The number of aromatic nitrogens is 3. The van der Waals surface area contributed by atoms with Gasteiger partial charge in [0, 0.05) is 11.1 Å². The SMILES string of the molecule is CC(C)(C)n1c(-c2ccccc2Cl)n[nH]c1=S. The summed E-state index contributed by atoms with van der Waals surface area (Å²) in [5.41, 5.74) is 0.745. The molecule has 0 radical (unpaired) electrons. The predicted octanol–water partition coefficient (Wildman–Crippen LogP) is 4.02. The van der Waals surface area contributed by atoms with Gasteiger partial charge >= 0.3 is 0 Å². The highest BCUT2D eigenvalue weighted by atomic mass is 35.5. The molecule has 1 heterocycles. The highest BCUT2D eigenvalue weighted by Gasteiger charge is 2.21. The summed E-state index contributed by atoms with van der Waals surface area (Å²) in [6.07, 6.45) is 0. The topological polar surface area (TPSA) is 33.6 Å². The number of nitrogens with zero attached hydrogens (tertiary/aromatic N) is 2. The molecule has 1 N–H and O–H groups in total. The van der Waals surface area contributed by atoms with Gasteiger partial charge in [-0.25, -0.2) is 0 Å². The lowest BCUT2D eigenvalue weighted by Crippen LogP contribution is -2.23. The molecule has 0 bridgehead atoms. The Kier molecular flexibility index (Phi) is 3.10. The third kappa shape index (κ3) is 2.28. The van der Waals surface area contributed by atoms with Gasteiger partial charge in [-0.05, 0) is 45.1 Å². The van der Waals surface area contributed by atoms with Crippen LogP contribution in [0.5, 0.6) is 0 Å². The molecule has 5 heteroatoms. The molecular formula is C12H14ClN3S. The van der Waals surface area contributed by atoms with Crippen molar-refractivity contribution >= 4 is 23.8 Å². The summed E-state index contributed by atoms with van der Waals surface area (Å²) in [4.78, 5) is 0. The molecule has 90 valence electrons. The van der Waals surface area contributed by atoms with Crippen LogP contribution in [0, 0.1) is 4.77 Å². The fourth-order valence-electron chi connectivity index (χ4n) is 1.74. The van der Waals surface area contributed by atoms with Crippen molar-refractivity contribution in [3.63, 3.8) is 0 Å². The first-order valence-corrected chi connectivity index (χ1v) is 6.12. The Bertz CT molecular complexity index is 592. The molecule has 0 saturated carbocycles. The highest BCUT2D eigenvalue weighted by Crippen LogP contribution is 2.29. The molecule has 2 rings (SSSR count). The molecule has 3 nitrogen and oxygen atoms in total. The van der Waals surface area contributed by atoms with Crippen LogP contribution in [-0.2, 0) is 5.54 Å². The van der Waals surface area contributed by atoms with Crippen molar-refractivity contribution in [2.45, 2.75) is 26.3 Å². The Hall–Kier alpha value is -1.13. The number of halogens is 1. The van der Waals surface area contributed by atoms with E-state index in [0.717, 1.165) is 11.4 Å². The summed E-state index contributed by atoms with van der Waals surface area (Å²) >= 11 is 11.5. The van der Waals surface area contributed by atoms with Crippen molar-refractivity contribution in [2.75, 3.05) is 0 Å². The average molecular weight is 268 g/mol. The van der Waals surface area contributed by atoms with Crippen LogP contribution < -0.4 is 0 Å². The molecule has 0 saturated heterocycles. The van der Waals surface area contributed by atoms with E-state index in [1.54, 1.807) is 0 Å². The molecule has 0 unspecified atom stereocenters. The minimum Gasteiger partial charge on any atom is -0.295 e. The van der Waals surface area contributed by atoms with Gasteiger partial charge in [0.2, 0.25) is 0 Å². The Balaban J connectivity index is 2.71. The lowest BCUT2D eigenvalue weighted by Gasteiger charge is -2.22. The second kappa shape index (κ2) is 4.27. The number of H-pyrrole nitrogens is 1.